The molecular formula is C15H20BrN3O. The Morgan fingerprint density at radius 2 is 2.25 bits per heavy atom. The molecule has 0 amide bonds. The molecule has 2 aromatic rings. The third-order valence-corrected chi connectivity index (χ3v) is 3.44. The van der Waals surface area contributed by atoms with E-state index in [1.165, 1.54) is 0 Å². The topological polar surface area (TPSA) is 53.1 Å². The fraction of sp³-hybridized carbons (Fsp3) is 0.400. The molecule has 0 aliphatic carbocycles. The summed E-state index contributed by atoms with van der Waals surface area (Å²) in [5.41, 5.74) is 8.18. The predicted octanol–water partition coefficient (Wildman–Crippen LogP) is 2.92. The Kier molecular flexibility index (Phi) is 5.20. The number of ether oxygens (including phenoxy) is 1. The van der Waals surface area contributed by atoms with Gasteiger partial charge in [-0.15, -0.1) is 0 Å². The highest BCUT2D eigenvalue weighted by molar-refractivity contribution is 9.10. The van der Waals surface area contributed by atoms with Gasteiger partial charge in [0.1, 0.15) is 12.4 Å². The molecule has 0 bridgehead atoms. The van der Waals surface area contributed by atoms with Crippen molar-refractivity contribution in [2.45, 2.75) is 32.9 Å². The SMILES string of the molecule is Cc1cc(Br)cc(CC(C)N)c1OCCn1cccn1. The smallest absolute Gasteiger partial charge is 0.125 e. The predicted molar refractivity (Wildman–Crippen MR) is 84.0 cm³/mol. The molecule has 1 heterocycles. The molecule has 2 N–H and O–H groups in total. The number of hydrogen-bond donors (Lipinski definition) is 1. The summed E-state index contributed by atoms with van der Waals surface area (Å²) in [6, 6.07) is 6.16. The van der Waals surface area contributed by atoms with Crippen LogP contribution in [-0.4, -0.2) is 22.4 Å². The van der Waals surface area contributed by atoms with Crippen LogP contribution in [-0.2, 0) is 13.0 Å². The standard InChI is InChI=1S/C15H20BrN3O/c1-11-8-14(16)10-13(9-12(2)17)15(11)20-7-6-19-5-3-4-18-19/h3-5,8,10,12H,6-7,9,17H2,1-2H3. The maximum absolute atomic E-state index is 5.96. The average Bonchev–Trinajstić information content (AvgIpc) is 2.84. The molecule has 5 heteroatoms. The maximum atomic E-state index is 5.96. The molecular weight excluding hydrogens is 318 g/mol. The Hall–Kier alpha value is -1.33. The third kappa shape index (κ3) is 4.08. The molecule has 0 aliphatic heterocycles. The van der Waals surface area contributed by atoms with Crippen molar-refractivity contribution in [2.75, 3.05) is 6.61 Å². The second-order valence-corrected chi connectivity index (χ2v) is 5.93. The van der Waals surface area contributed by atoms with Crippen LogP contribution < -0.4 is 10.5 Å². The van der Waals surface area contributed by atoms with Crippen LogP contribution >= 0.6 is 15.9 Å². The molecule has 1 atom stereocenters. The first kappa shape index (κ1) is 15.1. The van der Waals surface area contributed by atoms with Crippen molar-refractivity contribution in [3.05, 3.63) is 46.2 Å². The molecule has 2 rings (SSSR count). The van der Waals surface area contributed by atoms with Gasteiger partial charge in [-0.25, -0.2) is 0 Å². The highest BCUT2D eigenvalue weighted by atomic mass is 79.9. The first-order valence-electron chi connectivity index (χ1n) is 6.71. The number of halogens is 1. The van der Waals surface area contributed by atoms with Crippen LogP contribution in [0.5, 0.6) is 5.75 Å². The summed E-state index contributed by atoms with van der Waals surface area (Å²) >= 11 is 3.53. The van der Waals surface area contributed by atoms with Gasteiger partial charge in [-0.1, -0.05) is 15.9 Å². The second kappa shape index (κ2) is 6.90. The largest absolute Gasteiger partial charge is 0.491 e. The van der Waals surface area contributed by atoms with E-state index in [4.69, 9.17) is 10.5 Å². The zero-order valence-corrected chi connectivity index (χ0v) is 13.4. The van der Waals surface area contributed by atoms with Gasteiger partial charge in [-0.3, -0.25) is 4.68 Å². The number of aromatic nitrogens is 2. The lowest BCUT2D eigenvalue weighted by atomic mass is 10.0. The van der Waals surface area contributed by atoms with Crippen molar-refractivity contribution in [3.8, 4) is 5.75 Å². The molecule has 0 radical (unpaired) electrons. The van der Waals surface area contributed by atoms with Crippen LogP contribution in [0.3, 0.4) is 0 Å². The molecule has 0 aliphatic rings. The van der Waals surface area contributed by atoms with Crippen molar-refractivity contribution in [1.82, 2.24) is 9.78 Å². The highest BCUT2D eigenvalue weighted by Gasteiger charge is 2.11. The number of benzene rings is 1. The number of aryl methyl sites for hydroxylation is 1. The van der Waals surface area contributed by atoms with E-state index in [1.54, 1.807) is 6.20 Å². The van der Waals surface area contributed by atoms with Gasteiger partial charge in [0, 0.05) is 22.9 Å². The van der Waals surface area contributed by atoms with E-state index in [0.717, 1.165) is 34.3 Å². The van der Waals surface area contributed by atoms with Gasteiger partial charge in [0.05, 0.1) is 6.54 Å². The minimum atomic E-state index is 0.108. The van der Waals surface area contributed by atoms with E-state index in [-0.39, 0.29) is 6.04 Å². The van der Waals surface area contributed by atoms with Crippen molar-refractivity contribution < 1.29 is 4.74 Å². The second-order valence-electron chi connectivity index (χ2n) is 5.01. The highest BCUT2D eigenvalue weighted by Crippen LogP contribution is 2.29. The Morgan fingerprint density at radius 1 is 1.45 bits per heavy atom. The van der Waals surface area contributed by atoms with Crippen LogP contribution in [0.25, 0.3) is 0 Å². The van der Waals surface area contributed by atoms with E-state index in [0.29, 0.717) is 6.61 Å². The van der Waals surface area contributed by atoms with Gasteiger partial charge in [0.15, 0.2) is 0 Å². The number of hydrogen-bond acceptors (Lipinski definition) is 3. The number of nitrogens with two attached hydrogens (primary N) is 1. The zero-order valence-electron chi connectivity index (χ0n) is 11.8. The van der Waals surface area contributed by atoms with E-state index < -0.39 is 0 Å². The Morgan fingerprint density at radius 3 is 2.90 bits per heavy atom. The summed E-state index contributed by atoms with van der Waals surface area (Å²) in [4.78, 5) is 0. The summed E-state index contributed by atoms with van der Waals surface area (Å²) < 4.78 is 8.88. The van der Waals surface area contributed by atoms with E-state index in [2.05, 4.69) is 40.1 Å². The molecule has 0 fully saturated rings. The van der Waals surface area contributed by atoms with Crippen molar-refractivity contribution in [2.24, 2.45) is 5.73 Å². The molecule has 20 heavy (non-hydrogen) atoms. The lowest BCUT2D eigenvalue weighted by Gasteiger charge is -2.16. The van der Waals surface area contributed by atoms with E-state index >= 15 is 0 Å². The molecule has 0 saturated heterocycles. The molecule has 1 unspecified atom stereocenters. The molecule has 0 spiro atoms. The molecule has 1 aromatic heterocycles. The molecule has 0 saturated carbocycles. The van der Waals surface area contributed by atoms with E-state index in [9.17, 15) is 0 Å². The summed E-state index contributed by atoms with van der Waals surface area (Å²) in [6.07, 6.45) is 4.50. The van der Waals surface area contributed by atoms with Gasteiger partial charge >= 0.3 is 0 Å². The van der Waals surface area contributed by atoms with Crippen molar-refractivity contribution in [3.63, 3.8) is 0 Å². The van der Waals surface area contributed by atoms with Gasteiger partial charge < -0.3 is 10.5 Å². The quantitative estimate of drug-likeness (QED) is 0.881. The fourth-order valence-corrected chi connectivity index (χ4v) is 2.80. The maximum Gasteiger partial charge on any atom is 0.125 e. The molecule has 108 valence electrons. The molecule has 4 nitrogen and oxygen atoms in total. The van der Waals surface area contributed by atoms with Crippen LogP contribution in [0.1, 0.15) is 18.1 Å². The number of nitrogens with zero attached hydrogens (tertiary/aromatic N) is 2. The average molecular weight is 338 g/mol. The fourth-order valence-electron chi connectivity index (χ4n) is 2.18. The third-order valence-electron chi connectivity index (χ3n) is 2.98. The number of rotatable bonds is 6. The monoisotopic (exact) mass is 337 g/mol. The van der Waals surface area contributed by atoms with Gasteiger partial charge in [-0.2, -0.15) is 5.10 Å². The summed E-state index contributed by atoms with van der Waals surface area (Å²) in [5.74, 6) is 0.942. The van der Waals surface area contributed by atoms with Crippen LogP contribution in [0, 0.1) is 6.92 Å². The summed E-state index contributed by atoms with van der Waals surface area (Å²) in [7, 11) is 0. The minimum Gasteiger partial charge on any atom is -0.491 e. The Labute approximate surface area is 128 Å². The summed E-state index contributed by atoms with van der Waals surface area (Å²) in [5, 5.41) is 4.16. The first-order chi connectivity index (χ1) is 9.56. The van der Waals surface area contributed by atoms with Gasteiger partial charge in [0.2, 0.25) is 0 Å². The normalized spacial score (nSPS) is 12.4. The summed E-state index contributed by atoms with van der Waals surface area (Å²) in [6.45, 7) is 5.39. The van der Waals surface area contributed by atoms with Crippen LogP contribution in [0.4, 0.5) is 0 Å². The van der Waals surface area contributed by atoms with Crippen LogP contribution in [0.15, 0.2) is 35.1 Å². The van der Waals surface area contributed by atoms with Crippen molar-refractivity contribution >= 4 is 15.9 Å². The van der Waals surface area contributed by atoms with Crippen LogP contribution in [0.2, 0.25) is 0 Å². The van der Waals surface area contributed by atoms with Gasteiger partial charge in [0.25, 0.3) is 0 Å². The molecule has 1 aromatic carbocycles. The van der Waals surface area contributed by atoms with Crippen molar-refractivity contribution in [1.29, 1.82) is 0 Å². The Balaban J connectivity index is 2.08. The zero-order chi connectivity index (χ0) is 14.5. The lowest BCUT2D eigenvalue weighted by Crippen LogP contribution is -2.19. The van der Waals surface area contributed by atoms with Gasteiger partial charge in [-0.05, 0) is 49.6 Å². The first-order valence-corrected chi connectivity index (χ1v) is 7.50. The Bertz CT molecular complexity index is 552. The minimum absolute atomic E-state index is 0.108. The van der Waals surface area contributed by atoms with E-state index in [1.807, 2.05) is 23.9 Å². The lowest BCUT2D eigenvalue weighted by molar-refractivity contribution is 0.286.